The Hall–Kier alpha value is -0.800. The van der Waals surface area contributed by atoms with Gasteiger partial charge in [-0.3, -0.25) is 0 Å². The monoisotopic (exact) mass is 351 g/mol. The van der Waals surface area contributed by atoms with Crippen molar-refractivity contribution in [3.63, 3.8) is 0 Å². The van der Waals surface area contributed by atoms with Crippen LogP contribution in [0.4, 0.5) is 17.6 Å². The lowest BCUT2D eigenvalue weighted by Gasteiger charge is -2.12. The number of aromatic nitrogens is 1. The summed E-state index contributed by atoms with van der Waals surface area (Å²) in [6, 6.07) is 1.12. The van der Waals surface area contributed by atoms with Gasteiger partial charge in [0.2, 0.25) is 5.88 Å². The number of alkyl halides is 4. The van der Waals surface area contributed by atoms with Crippen LogP contribution >= 0.6 is 22.6 Å². The maximum Gasteiger partial charge on any atom is 0.574 e. The fourth-order valence-electron chi connectivity index (χ4n) is 0.932. The maximum atomic E-state index is 12.5. The molecule has 0 amide bonds. The molecular weight excluding hydrogens is 345 g/mol. The molecule has 0 saturated carbocycles. The SMILES string of the molecule is COc1cc(CF)c(OC(F)(F)F)nc1I. The highest BCUT2D eigenvalue weighted by molar-refractivity contribution is 14.1. The van der Waals surface area contributed by atoms with E-state index in [0.29, 0.717) is 0 Å². The van der Waals surface area contributed by atoms with Crippen LogP contribution in [0.15, 0.2) is 6.07 Å². The van der Waals surface area contributed by atoms with Crippen molar-refractivity contribution in [1.29, 1.82) is 0 Å². The van der Waals surface area contributed by atoms with Crippen molar-refractivity contribution in [1.82, 2.24) is 4.98 Å². The van der Waals surface area contributed by atoms with Crippen LogP contribution in [0.1, 0.15) is 5.56 Å². The highest BCUT2D eigenvalue weighted by Crippen LogP contribution is 2.30. The molecule has 0 saturated heterocycles. The Morgan fingerprint density at radius 1 is 1.44 bits per heavy atom. The smallest absolute Gasteiger partial charge is 0.494 e. The summed E-state index contributed by atoms with van der Waals surface area (Å²) < 4.78 is 56.9. The summed E-state index contributed by atoms with van der Waals surface area (Å²) in [5, 5.41) is 0. The highest BCUT2D eigenvalue weighted by Gasteiger charge is 2.33. The van der Waals surface area contributed by atoms with Gasteiger partial charge in [0, 0.05) is 5.56 Å². The Bertz CT molecular complexity index is 383. The fraction of sp³-hybridized carbons (Fsp3) is 0.375. The third-order valence-electron chi connectivity index (χ3n) is 1.56. The van der Waals surface area contributed by atoms with Crippen molar-refractivity contribution in [3.05, 3.63) is 15.3 Å². The van der Waals surface area contributed by atoms with Gasteiger partial charge in [0.1, 0.15) is 10.4 Å². The Morgan fingerprint density at radius 3 is 2.50 bits per heavy atom. The van der Waals surface area contributed by atoms with Gasteiger partial charge in [-0.2, -0.15) is 0 Å². The van der Waals surface area contributed by atoms with Crippen LogP contribution in [-0.2, 0) is 6.67 Å². The van der Waals surface area contributed by atoms with Crippen LogP contribution in [0.5, 0.6) is 11.6 Å². The van der Waals surface area contributed by atoms with Crippen molar-refractivity contribution in [2.75, 3.05) is 7.11 Å². The molecule has 0 atom stereocenters. The Kier molecular flexibility index (Phi) is 4.16. The standard InChI is InChI=1S/C8H6F4INO2/c1-15-5-2-4(3-9)7(14-6(5)13)16-8(10,11)12/h2H,3H2,1H3. The van der Waals surface area contributed by atoms with Gasteiger partial charge in [-0.25, -0.2) is 9.37 Å². The molecule has 0 unspecified atom stereocenters. The summed E-state index contributed by atoms with van der Waals surface area (Å²) in [5.41, 5.74) is -0.311. The highest BCUT2D eigenvalue weighted by atomic mass is 127. The molecule has 8 heteroatoms. The zero-order valence-corrected chi connectivity index (χ0v) is 10.1. The molecular formula is C8H6F4INO2. The minimum Gasteiger partial charge on any atom is -0.494 e. The normalized spacial score (nSPS) is 11.4. The van der Waals surface area contributed by atoms with Crippen LogP contribution in [0.25, 0.3) is 0 Å². The van der Waals surface area contributed by atoms with Gasteiger partial charge >= 0.3 is 6.36 Å². The van der Waals surface area contributed by atoms with Crippen LogP contribution in [0.3, 0.4) is 0 Å². The number of pyridine rings is 1. The maximum absolute atomic E-state index is 12.5. The van der Waals surface area contributed by atoms with E-state index >= 15 is 0 Å². The lowest BCUT2D eigenvalue weighted by molar-refractivity contribution is -0.276. The average Bonchev–Trinajstić information content (AvgIpc) is 2.16. The predicted molar refractivity (Wildman–Crippen MR) is 55.0 cm³/mol. The Morgan fingerprint density at radius 2 is 2.06 bits per heavy atom. The number of hydrogen-bond acceptors (Lipinski definition) is 3. The van der Waals surface area contributed by atoms with Gasteiger partial charge in [0.15, 0.2) is 5.75 Å². The summed E-state index contributed by atoms with van der Waals surface area (Å²) in [6.07, 6.45) is -4.89. The lowest BCUT2D eigenvalue weighted by Crippen LogP contribution is -2.19. The minimum absolute atomic E-state index is 0.163. The second-order valence-electron chi connectivity index (χ2n) is 2.63. The van der Waals surface area contributed by atoms with Crippen LogP contribution in [0.2, 0.25) is 0 Å². The first-order chi connectivity index (χ1) is 7.37. The van der Waals surface area contributed by atoms with Crippen LogP contribution < -0.4 is 9.47 Å². The molecule has 3 nitrogen and oxygen atoms in total. The van der Waals surface area contributed by atoms with Gasteiger partial charge < -0.3 is 9.47 Å². The van der Waals surface area contributed by atoms with E-state index in [0.717, 1.165) is 6.07 Å². The first-order valence-corrected chi connectivity index (χ1v) is 5.00. The molecule has 0 aliphatic rings. The van der Waals surface area contributed by atoms with Crippen molar-refractivity contribution in [3.8, 4) is 11.6 Å². The molecule has 0 aliphatic heterocycles. The summed E-state index contributed by atoms with van der Waals surface area (Å²) >= 11 is 1.66. The van der Waals surface area contributed by atoms with Gasteiger partial charge in [0.25, 0.3) is 0 Å². The van der Waals surface area contributed by atoms with Crippen molar-refractivity contribution in [2.45, 2.75) is 13.0 Å². The molecule has 0 spiro atoms. The number of methoxy groups -OCH3 is 1. The first kappa shape index (κ1) is 13.3. The molecule has 1 rings (SSSR count). The molecule has 0 radical (unpaired) electrons. The second kappa shape index (κ2) is 5.02. The average molecular weight is 351 g/mol. The summed E-state index contributed by atoms with van der Waals surface area (Å²) in [5.74, 6) is -0.594. The summed E-state index contributed by atoms with van der Waals surface area (Å²) in [6.45, 7) is -1.12. The molecule has 0 bridgehead atoms. The molecule has 1 heterocycles. The van der Waals surface area contributed by atoms with E-state index < -0.39 is 18.9 Å². The number of halogens is 5. The van der Waals surface area contributed by atoms with Crippen LogP contribution in [-0.4, -0.2) is 18.5 Å². The van der Waals surface area contributed by atoms with E-state index in [-0.39, 0.29) is 15.0 Å². The fourth-order valence-corrected chi connectivity index (χ4v) is 1.53. The molecule has 0 aliphatic carbocycles. The third-order valence-corrected chi connectivity index (χ3v) is 2.33. The zero-order chi connectivity index (χ0) is 12.3. The van der Waals surface area contributed by atoms with Crippen LogP contribution in [0, 0.1) is 3.70 Å². The van der Waals surface area contributed by atoms with E-state index in [1.807, 2.05) is 0 Å². The quantitative estimate of drug-likeness (QED) is 0.477. The van der Waals surface area contributed by atoms with Crippen molar-refractivity contribution >= 4 is 22.6 Å². The molecule has 1 aromatic heterocycles. The number of nitrogens with zero attached hydrogens (tertiary/aromatic N) is 1. The largest absolute Gasteiger partial charge is 0.574 e. The summed E-state index contributed by atoms with van der Waals surface area (Å²) in [7, 11) is 1.31. The first-order valence-electron chi connectivity index (χ1n) is 3.92. The van der Waals surface area contributed by atoms with Crippen molar-refractivity contribution in [2.24, 2.45) is 0 Å². The molecule has 1 aromatic rings. The van der Waals surface area contributed by atoms with Gasteiger partial charge in [-0.05, 0) is 28.7 Å². The molecule has 16 heavy (non-hydrogen) atoms. The number of ether oxygens (including phenoxy) is 2. The van der Waals surface area contributed by atoms with E-state index in [4.69, 9.17) is 4.74 Å². The van der Waals surface area contributed by atoms with Gasteiger partial charge in [-0.1, -0.05) is 0 Å². The van der Waals surface area contributed by atoms with Gasteiger partial charge in [-0.15, -0.1) is 13.2 Å². The van der Waals surface area contributed by atoms with Gasteiger partial charge in [0.05, 0.1) is 7.11 Å². The minimum atomic E-state index is -4.89. The predicted octanol–water partition coefficient (Wildman–Crippen LogP) is 3.06. The lowest BCUT2D eigenvalue weighted by atomic mass is 10.3. The molecule has 90 valence electrons. The molecule has 0 N–H and O–H groups in total. The second-order valence-corrected chi connectivity index (χ2v) is 3.65. The van der Waals surface area contributed by atoms with E-state index in [1.54, 1.807) is 22.6 Å². The van der Waals surface area contributed by atoms with E-state index in [1.165, 1.54) is 7.11 Å². The Balaban J connectivity index is 3.13. The van der Waals surface area contributed by atoms with E-state index in [2.05, 4.69) is 9.72 Å². The third kappa shape index (κ3) is 3.35. The molecule has 0 fully saturated rings. The zero-order valence-electron chi connectivity index (χ0n) is 7.94. The topological polar surface area (TPSA) is 31.4 Å². The number of rotatable bonds is 3. The van der Waals surface area contributed by atoms with Crippen molar-refractivity contribution < 1.29 is 27.0 Å². The Labute approximate surface area is 102 Å². The number of hydrogen-bond donors (Lipinski definition) is 0. The summed E-state index contributed by atoms with van der Waals surface area (Å²) in [4.78, 5) is 3.48. The molecule has 0 aromatic carbocycles. The van der Waals surface area contributed by atoms with E-state index in [9.17, 15) is 17.6 Å².